The van der Waals surface area contributed by atoms with Crippen molar-refractivity contribution in [3.63, 3.8) is 0 Å². The standard InChI is InChI=1S/C23H22BrN3O4S/c1-29-17-11-12-19(21(13-17)30-2)25-23(32)27-26-22(28)16-9-7-15(8-10-16)14-31-20-6-4-3-5-18(20)24/h3-13H,14H2,1-2H3,(H,26,28)(H2,25,27,32). The average Bonchev–Trinajstić information content (AvgIpc) is 2.82. The van der Waals surface area contributed by atoms with Crippen LogP contribution in [0.2, 0.25) is 0 Å². The first kappa shape index (κ1) is 23.4. The summed E-state index contributed by atoms with van der Waals surface area (Å²) in [5, 5.41) is 3.18. The van der Waals surface area contributed by atoms with Gasteiger partial charge in [0.25, 0.3) is 5.91 Å². The lowest BCUT2D eigenvalue weighted by Gasteiger charge is -2.15. The highest BCUT2D eigenvalue weighted by molar-refractivity contribution is 9.10. The predicted octanol–water partition coefficient (Wildman–Crippen LogP) is 4.68. The molecule has 0 aromatic heterocycles. The highest BCUT2D eigenvalue weighted by Crippen LogP contribution is 2.29. The molecule has 3 rings (SSSR count). The summed E-state index contributed by atoms with van der Waals surface area (Å²) in [7, 11) is 3.12. The molecule has 0 aliphatic rings. The number of thiocarbonyl (C=S) groups is 1. The highest BCUT2D eigenvalue weighted by atomic mass is 79.9. The van der Waals surface area contributed by atoms with Gasteiger partial charge in [-0.25, -0.2) is 0 Å². The summed E-state index contributed by atoms with van der Waals surface area (Å²) in [6.07, 6.45) is 0. The Hall–Kier alpha value is -3.30. The maximum absolute atomic E-state index is 12.4. The molecule has 0 aliphatic carbocycles. The van der Waals surface area contributed by atoms with E-state index in [1.54, 1.807) is 44.6 Å². The normalized spacial score (nSPS) is 10.1. The fraction of sp³-hybridized carbons (Fsp3) is 0.130. The number of nitrogens with one attached hydrogen (secondary N) is 3. The number of para-hydroxylation sites is 1. The molecule has 0 unspecified atom stereocenters. The van der Waals surface area contributed by atoms with Gasteiger partial charge in [-0.3, -0.25) is 15.6 Å². The monoisotopic (exact) mass is 515 g/mol. The zero-order valence-electron chi connectivity index (χ0n) is 17.5. The number of carbonyl (C=O) groups excluding carboxylic acids is 1. The Kier molecular flexibility index (Phi) is 8.29. The van der Waals surface area contributed by atoms with Gasteiger partial charge < -0.3 is 19.5 Å². The number of hydrazine groups is 1. The van der Waals surface area contributed by atoms with Crippen molar-refractivity contribution in [1.29, 1.82) is 0 Å². The van der Waals surface area contributed by atoms with E-state index in [-0.39, 0.29) is 11.0 Å². The Morgan fingerprint density at radius 1 is 0.938 bits per heavy atom. The maximum atomic E-state index is 12.4. The van der Waals surface area contributed by atoms with Crippen LogP contribution in [0.15, 0.2) is 71.2 Å². The van der Waals surface area contributed by atoms with E-state index in [4.69, 9.17) is 26.4 Å². The van der Waals surface area contributed by atoms with Gasteiger partial charge in [-0.1, -0.05) is 24.3 Å². The van der Waals surface area contributed by atoms with E-state index >= 15 is 0 Å². The average molecular weight is 516 g/mol. The van der Waals surface area contributed by atoms with Crippen LogP contribution in [0.1, 0.15) is 15.9 Å². The molecule has 3 aromatic rings. The molecular weight excluding hydrogens is 494 g/mol. The van der Waals surface area contributed by atoms with Gasteiger partial charge in [-0.05, 0) is 70.1 Å². The second-order valence-corrected chi connectivity index (χ2v) is 7.78. The largest absolute Gasteiger partial charge is 0.497 e. The molecule has 0 saturated heterocycles. The number of amides is 1. The summed E-state index contributed by atoms with van der Waals surface area (Å²) in [6.45, 7) is 0.389. The van der Waals surface area contributed by atoms with Crippen molar-refractivity contribution >= 4 is 44.9 Å². The Morgan fingerprint density at radius 2 is 1.69 bits per heavy atom. The minimum atomic E-state index is -0.325. The smallest absolute Gasteiger partial charge is 0.269 e. The summed E-state index contributed by atoms with van der Waals surface area (Å²) in [4.78, 5) is 12.4. The van der Waals surface area contributed by atoms with Crippen LogP contribution in [0.3, 0.4) is 0 Å². The zero-order chi connectivity index (χ0) is 22.9. The Labute approximate surface area is 200 Å². The van der Waals surface area contributed by atoms with Crippen LogP contribution in [0.5, 0.6) is 17.2 Å². The second kappa shape index (κ2) is 11.4. The lowest BCUT2D eigenvalue weighted by molar-refractivity contribution is 0.0944. The van der Waals surface area contributed by atoms with Crippen LogP contribution in [-0.2, 0) is 6.61 Å². The molecule has 0 saturated carbocycles. The number of hydrogen-bond acceptors (Lipinski definition) is 5. The van der Waals surface area contributed by atoms with Crippen LogP contribution < -0.4 is 30.4 Å². The molecule has 0 radical (unpaired) electrons. The summed E-state index contributed by atoms with van der Waals surface area (Å²) < 4.78 is 17.2. The Bertz CT molecular complexity index is 1090. The lowest BCUT2D eigenvalue weighted by Crippen LogP contribution is -2.43. The van der Waals surface area contributed by atoms with E-state index in [1.807, 2.05) is 36.4 Å². The van der Waals surface area contributed by atoms with E-state index < -0.39 is 0 Å². The number of anilines is 1. The predicted molar refractivity (Wildman–Crippen MR) is 131 cm³/mol. The van der Waals surface area contributed by atoms with Crippen LogP contribution in [0.4, 0.5) is 5.69 Å². The molecule has 1 amide bonds. The number of methoxy groups -OCH3 is 2. The maximum Gasteiger partial charge on any atom is 0.269 e. The van der Waals surface area contributed by atoms with E-state index in [2.05, 4.69) is 32.1 Å². The first-order valence-electron chi connectivity index (χ1n) is 9.56. The number of benzene rings is 3. The van der Waals surface area contributed by atoms with Gasteiger partial charge in [0.15, 0.2) is 5.11 Å². The number of carbonyl (C=O) groups is 1. The van der Waals surface area contributed by atoms with Gasteiger partial charge in [0.2, 0.25) is 0 Å². The van der Waals surface area contributed by atoms with Crippen molar-refractivity contribution in [3.05, 3.63) is 82.3 Å². The van der Waals surface area contributed by atoms with Crippen molar-refractivity contribution in [2.24, 2.45) is 0 Å². The number of hydrogen-bond donors (Lipinski definition) is 3. The first-order valence-corrected chi connectivity index (χ1v) is 10.8. The first-order chi connectivity index (χ1) is 15.5. The van der Waals surface area contributed by atoms with Gasteiger partial charge in [-0.15, -0.1) is 0 Å². The van der Waals surface area contributed by atoms with Crippen LogP contribution in [-0.4, -0.2) is 25.2 Å². The summed E-state index contributed by atoms with van der Waals surface area (Å²) in [5.41, 5.74) is 7.30. The Morgan fingerprint density at radius 3 is 2.38 bits per heavy atom. The van der Waals surface area contributed by atoms with Gasteiger partial charge in [0, 0.05) is 11.6 Å². The molecule has 0 aliphatic heterocycles. The molecule has 3 aromatic carbocycles. The van der Waals surface area contributed by atoms with E-state index in [1.165, 1.54) is 0 Å². The van der Waals surface area contributed by atoms with Crippen molar-refractivity contribution in [3.8, 4) is 17.2 Å². The zero-order valence-corrected chi connectivity index (χ0v) is 19.9. The van der Waals surface area contributed by atoms with Gasteiger partial charge in [-0.2, -0.15) is 0 Å². The van der Waals surface area contributed by atoms with Crippen molar-refractivity contribution in [1.82, 2.24) is 10.9 Å². The third-order valence-electron chi connectivity index (χ3n) is 4.39. The van der Waals surface area contributed by atoms with Crippen LogP contribution in [0.25, 0.3) is 0 Å². The van der Waals surface area contributed by atoms with Gasteiger partial charge in [0.1, 0.15) is 23.9 Å². The fourth-order valence-corrected chi connectivity index (χ4v) is 3.28. The van der Waals surface area contributed by atoms with Crippen molar-refractivity contribution in [2.75, 3.05) is 19.5 Å². The molecule has 7 nitrogen and oxygen atoms in total. The van der Waals surface area contributed by atoms with Crippen molar-refractivity contribution in [2.45, 2.75) is 6.61 Å². The Balaban J connectivity index is 1.50. The minimum absolute atomic E-state index is 0.209. The third-order valence-corrected chi connectivity index (χ3v) is 5.25. The van der Waals surface area contributed by atoms with E-state index in [0.717, 1.165) is 15.8 Å². The quantitative estimate of drug-likeness (QED) is 0.311. The second-order valence-electron chi connectivity index (χ2n) is 6.52. The van der Waals surface area contributed by atoms with Gasteiger partial charge >= 0.3 is 0 Å². The summed E-state index contributed by atoms with van der Waals surface area (Å²) in [6, 6.07) is 20.0. The lowest BCUT2D eigenvalue weighted by atomic mass is 10.1. The highest BCUT2D eigenvalue weighted by Gasteiger charge is 2.09. The number of halogens is 1. The molecule has 166 valence electrons. The molecule has 0 heterocycles. The summed E-state index contributed by atoms with van der Waals surface area (Å²) >= 11 is 8.69. The molecule has 0 fully saturated rings. The van der Waals surface area contributed by atoms with Gasteiger partial charge in [0.05, 0.1) is 24.4 Å². The van der Waals surface area contributed by atoms with Crippen LogP contribution >= 0.6 is 28.1 Å². The molecule has 0 atom stereocenters. The number of ether oxygens (including phenoxy) is 3. The molecule has 0 bridgehead atoms. The fourth-order valence-electron chi connectivity index (χ4n) is 2.72. The van der Waals surface area contributed by atoms with Crippen molar-refractivity contribution < 1.29 is 19.0 Å². The molecular formula is C23H22BrN3O4S. The van der Waals surface area contributed by atoms with E-state index in [0.29, 0.717) is 29.4 Å². The minimum Gasteiger partial charge on any atom is -0.497 e. The van der Waals surface area contributed by atoms with Crippen LogP contribution in [0, 0.1) is 0 Å². The summed E-state index contributed by atoms with van der Waals surface area (Å²) in [5.74, 6) is 1.65. The number of rotatable bonds is 7. The molecule has 32 heavy (non-hydrogen) atoms. The molecule has 0 spiro atoms. The molecule has 3 N–H and O–H groups in total. The SMILES string of the molecule is COc1ccc(NC(=S)NNC(=O)c2ccc(COc3ccccc3Br)cc2)c(OC)c1. The topological polar surface area (TPSA) is 80.9 Å². The molecule has 9 heteroatoms. The van der Waals surface area contributed by atoms with E-state index in [9.17, 15) is 4.79 Å². The third kappa shape index (κ3) is 6.35.